The molecule has 0 bridgehead atoms. The van der Waals surface area contributed by atoms with Gasteiger partial charge in [-0.3, -0.25) is 0 Å². The van der Waals surface area contributed by atoms with Gasteiger partial charge in [0.1, 0.15) is 5.51 Å². The zero-order valence-electron chi connectivity index (χ0n) is 8.60. The average Bonchev–Trinajstić information content (AvgIpc) is 2.64. The first-order chi connectivity index (χ1) is 6.75. The number of hydrogen-bond acceptors (Lipinski definition) is 5. The topological polar surface area (TPSA) is 41.1 Å². The first-order valence-electron chi connectivity index (χ1n) is 4.98. The van der Waals surface area contributed by atoms with Gasteiger partial charge in [0.05, 0.1) is 0 Å². The number of hydrogen-bond donors (Lipinski definition) is 1. The van der Waals surface area contributed by atoms with Crippen molar-refractivity contribution in [3.63, 3.8) is 0 Å². The largest absolute Gasteiger partial charge is 0.357 e. The van der Waals surface area contributed by atoms with Crippen LogP contribution in [0.25, 0.3) is 0 Å². The summed E-state index contributed by atoms with van der Waals surface area (Å²) in [6.45, 7) is 3.44. The molecule has 1 aromatic heterocycles. The van der Waals surface area contributed by atoms with E-state index in [4.69, 9.17) is 0 Å². The first kappa shape index (κ1) is 9.86. The van der Waals surface area contributed by atoms with Crippen molar-refractivity contribution in [2.45, 2.75) is 31.8 Å². The highest BCUT2D eigenvalue weighted by Crippen LogP contribution is 2.20. The normalized spacial score (nSPS) is 29.0. The van der Waals surface area contributed by atoms with Gasteiger partial charge in [-0.15, -0.1) is 10.2 Å². The van der Waals surface area contributed by atoms with E-state index in [1.165, 1.54) is 12.8 Å². The van der Waals surface area contributed by atoms with Crippen LogP contribution in [0, 0.1) is 0 Å². The van der Waals surface area contributed by atoms with Crippen molar-refractivity contribution in [2.24, 2.45) is 0 Å². The zero-order valence-corrected chi connectivity index (χ0v) is 9.42. The van der Waals surface area contributed by atoms with E-state index in [1.54, 1.807) is 16.8 Å². The predicted octanol–water partition coefficient (Wildman–Crippen LogP) is 1.43. The van der Waals surface area contributed by atoms with Gasteiger partial charge in [0.2, 0.25) is 5.13 Å². The van der Waals surface area contributed by atoms with E-state index in [2.05, 4.69) is 34.4 Å². The molecule has 0 aliphatic carbocycles. The van der Waals surface area contributed by atoms with Crippen LogP contribution in [0.5, 0.6) is 0 Å². The monoisotopic (exact) mass is 212 g/mol. The van der Waals surface area contributed by atoms with Crippen molar-refractivity contribution in [2.75, 3.05) is 18.9 Å². The Bertz CT molecular complexity index is 274. The number of nitrogens with one attached hydrogen (secondary N) is 1. The van der Waals surface area contributed by atoms with Crippen LogP contribution >= 0.6 is 11.3 Å². The number of piperidine rings is 1. The first-order valence-corrected chi connectivity index (χ1v) is 5.86. The average molecular weight is 212 g/mol. The maximum absolute atomic E-state index is 4.00. The minimum Gasteiger partial charge on any atom is -0.357 e. The Kier molecular flexibility index (Phi) is 2.98. The smallest absolute Gasteiger partial charge is 0.205 e. The van der Waals surface area contributed by atoms with Crippen LogP contribution in [0.15, 0.2) is 5.51 Å². The van der Waals surface area contributed by atoms with Gasteiger partial charge in [-0.2, -0.15) is 0 Å². The summed E-state index contributed by atoms with van der Waals surface area (Å²) in [5.41, 5.74) is 1.76. The summed E-state index contributed by atoms with van der Waals surface area (Å²) in [7, 11) is 2.19. The maximum Gasteiger partial charge on any atom is 0.205 e. The predicted molar refractivity (Wildman–Crippen MR) is 58.6 cm³/mol. The Morgan fingerprint density at radius 3 is 3.14 bits per heavy atom. The fourth-order valence-corrected chi connectivity index (χ4v) is 2.35. The van der Waals surface area contributed by atoms with E-state index < -0.39 is 0 Å². The molecule has 14 heavy (non-hydrogen) atoms. The third-order valence-electron chi connectivity index (χ3n) is 2.90. The molecule has 2 unspecified atom stereocenters. The van der Waals surface area contributed by atoms with Gasteiger partial charge in [0.25, 0.3) is 0 Å². The minimum atomic E-state index is 0.564. The molecule has 2 heterocycles. The molecule has 1 fully saturated rings. The highest BCUT2D eigenvalue weighted by Gasteiger charge is 2.22. The van der Waals surface area contributed by atoms with E-state index in [0.717, 1.165) is 11.7 Å². The number of nitrogens with zero attached hydrogens (tertiary/aromatic N) is 3. The molecule has 1 aliphatic rings. The minimum absolute atomic E-state index is 0.564. The van der Waals surface area contributed by atoms with Crippen molar-refractivity contribution in [1.29, 1.82) is 0 Å². The van der Waals surface area contributed by atoms with Crippen LogP contribution in [0.1, 0.15) is 19.8 Å². The number of likely N-dealkylation sites (tertiary alicyclic amines) is 1. The molecule has 0 amide bonds. The van der Waals surface area contributed by atoms with Crippen LogP contribution in [-0.2, 0) is 0 Å². The highest BCUT2D eigenvalue weighted by atomic mass is 32.1. The Morgan fingerprint density at radius 1 is 1.64 bits per heavy atom. The van der Waals surface area contributed by atoms with E-state index >= 15 is 0 Å². The van der Waals surface area contributed by atoms with Crippen LogP contribution < -0.4 is 5.32 Å². The third kappa shape index (κ3) is 2.22. The molecule has 0 aromatic carbocycles. The molecule has 1 saturated heterocycles. The van der Waals surface area contributed by atoms with Gasteiger partial charge >= 0.3 is 0 Å². The number of anilines is 1. The molecule has 1 aliphatic heterocycles. The van der Waals surface area contributed by atoms with Crippen molar-refractivity contribution in [1.82, 2.24) is 15.1 Å². The van der Waals surface area contributed by atoms with Crippen LogP contribution in [0.3, 0.4) is 0 Å². The Balaban J connectivity index is 1.88. The summed E-state index contributed by atoms with van der Waals surface area (Å²) in [6.07, 6.45) is 2.39. The summed E-state index contributed by atoms with van der Waals surface area (Å²) in [5, 5.41) is 12.2. The molecule has 1 aromatic rings. The van der Waals surface area contributed by atoms with Crippen LogP contribution in [0.2, 0.25) is 0 Å². The Labute approximate surface area is 88.3 Å². The molecule has 2 rings (SSSR count). The standard InChI is InChI=1S/C9H16N4S/c1-7-5-8(3-4-13(7)2)11-9-12-10-6-14-9/h6-8H,3-5H2,1-2H3,(H,11,12). The number of rotatable bonds is 2. The van der Waals surface area contributed by atoms with Crippen molar-refractivity contribution < 1.29 is 0 Å². The molecule has 2 atom stereocenters. The van der Waals surface area contributed by atoms with Gasteiger partial charge in [0, 0.05) is 18.6 Å². The molecule has 5 heteroatoms. The molecule has 0 radical (unpaired) electrons. The Morgan fingerprint density at radius 2 is 2.50 bits per heavy atom. The molecule has 4 nitrogen and oxygen atoms in total. The molecular weight excluding hydrogens is 196 g/mol. The van der Waals surface area contributed by atoms with E-state index in [0.29, 0.717) is 12.1 Å². The summed E-state index contributed by atoms with van der Waals surface area (Å²) in [6, 6.07) is 1.23. The van der Waals surface area contributed by atoms with Gasteiger partial charge < -0.3 is 10.2 Å². The summed E-state index contributed by atoms with van der Waals surface area (Å²) < 4.78 is 0. The lowest BCUT2D eigenvalue weighted by atomic mass is 9.99. The second kappa shape index (κ2) is 4.23. The summed E-state index contributed by atoms with van der Waals surface area (Å²) in [5.74, 6) is 0. The Hall–Kier alpha value is -0.680. The maximum atomic E-state index is 4.00. The summed E-state index contributed by atoms with van der Waals surface area (Å²) >= 11 is 1.57. The van der Waals surface area contributed by atoms with Gasteiger partial charge in [0.15, 0.2) is 0 Å². The lowest BCUT2D eigenvalue weighted by molar-refractivity contribution is 0.190. The van der Waals surface area contributed by atoms with Crippen LogP contribution in [-0.4, -0.2) is 40.8 Å². The van der Waals surface area contributed by atoms with Crippen molar-refractivity contribution >= 4 is 16.5 Å². The second-order valence-corrected chi connectivity index (χ2v) is 4.77. The molecular formula is C9H16N4S. The second-order valence-electron chi connectivity index (χ2n) is 3.94. The van der Waals surface area contributed by atoms with Crippen molar-refractivity contribution in [3.05, 3.63) is 5.51 Å². The quantitative estimate of drug-likeness (QED) is 0.805. The molecule has 0 saturated carbocycles. The highest BCUT2D eigenvalue weighted by molar-refractivity contribution is 7.13. The lowest BCUT2D eigenvalue weighted by Crippen LogP contribution is -2.42. The fraction of sp³-hybridized carbons (Fsp3) is 0.778. The third-order valence-corrected chi connectivity index (χ3v) is 3.52. The zero-order chi connectivity index (χ0) is 9.97. The molecule has 1 N–H and O–H groups in total. The number of aromatic nitrogens is 2. The van der Waals surface area contributed by atoms with E-state index in [9.17, 15) is 0 Å². The lowest BCUT2D eigenvalue weighted by Gasteiger charge is -2.35. The molecule has 78 valence electrons. The van der Waals surface area contributed by atoms with Gasteiger partial charge in [-0.05, 0) is 26.8 Å². The van der Waals surface area contributed by atoms with Crippen LogP contribution in [0.4, 0.5) is 5.13 Å². The fourth-order valence-electron chi connectivity index (χ4n) is 1.83. The van der Waals surface area contributed by atoms with Gasteiger partial charge in [-0.1, -0.05) is 11.3 Å². The van der Waals surface area contributed by atoms with E-state index in [-0.39, 0.29) is 0 Å². The SMILES string of the molecule is CC1CC(Nc2nncs2)CCN1C. The van der Waals surface area contributed by atoms with Crippen molar-refractivity contribution in [3.8, 4) is 0 Å². The summed E-state index contributed by atoms with van der Waals surface area (Å²) in [4.78, 5) is 2.40. The molecule has 0 spiro atoms. The van der Waals surface area contributed by atoms with Gasteiger partial charge in [-0.25, -0.2) is 0 Å². The van der Waals surface area contributed by atoms with E-state index in [1.807, 2.05) is 0 Å².